The molecule has 0 heterocycles. The molecule has 1 aromatic carbocycles. The maximum atomic E-state index is 10.7. The summed E-state index contributed by atoms with van der Waals surface area (Å²) in [6.07, 6.45) is 0. The molecule has 102 valence electrons. The van der Waals surface area contributed by atoms with Gasteiger partial charge in [0.15, 0.2) is 0 Å². The molecule has 0 fully saturated rings. The van der Waals surface area contributed by atoms with E-state index in [1.807, 2.05) is 6.07 Å². The van der Waals surface area contributed by atoms with Crippen LogP contribution in [-0.2, 0) is 0 Å². The van der Waals surface area contributed by atoms with Crippen molar-refractivity contribution in [1.29, 1.82) is 5.26 Å². The first-order valence-corrected chi connectivity index (χ1v) is 6.18. The Kier molecular flexibility index (Phi) is 4.49. The van der Waals surface area contributed by atoms with Crippen LogP contribution in [0.2, 0.25) is 0 Å². The van der Waals surface area contributed by atoms with Crippen molar-refractivity contribution in [2.24, 2.45) is 11.3 Å². The third-order valence-corrected chi connectivity index (χ3v) is 3.41. The van der Waals surface area contributed by atoms with Crippen LogP contribution in [0.5, 0.6) is 0 Å². The van der Waals surface area contributed by atoms with Crippen LogP contribution in [0.25, 0.3) is 0 Å². The topological polar surface area (TPSA) is 79.0 Å². The highest BCUT2D eigenvalue weighted by Crippen LogP contribution is 2.27. The quantitative estimate of drug-likeness (QED) is 0.663. The number of non-ortho nitro benzene ring substituents is 1. The smallest absolute Gasteiger partial charge is 0.270 e. The molecule has 0 aliphatic heterocycles. The van der Waals surface area contributed by atoms with Gasteiger partial charge in [0, 0.05) is 18.7 Å². The molecule has 1 rings (SSSR count). The summed E-state index contributed by atoms with van der Waals surface area (Å²) >= 11 is 0. The lowest BCUT2D eigenvalue weighted by atomic mass is 9.82. The van der Waals surface area contributed by atoms with Crippen LogP contribution in [0.1, 0.15) is 33.3 Å². The van der Waals surface area contributed by atoms with E-state index in [4.69, 9.17) is 5.26 Å². The van der Waals surface area contributed by atoms with Gasteiger partial charge in [-0.15, -0.1) is 0 Å². The molecule has 0 bridgehead atoms. The van der Waals surface area contributed by atoms with Crippen molar-refractivity contribution < 1.29 is 4.92 Å². The van der Waals surface area contributed by atoms with Gasteiger partial charge in [-0.05, 0) is 17.4 Å². The highest BCUT2D eigenvalue weighted by Gasteiger charge is 2.20. The van der Waals surface area contributed by atoms with Crippen molar-refractivity contribution in [3.05, 3.63) is 33.9 Å². The van der Waals surface area contributed by atoms with Gasteiger partial charge in [0.2, 0.25) is 0 Å². The van der Waals surface area contributed by atoms with E-state index < -0.39 is 4.92 Å². The number of nitriles is 1. The van der Waals surface area contributed by atoms with Crippen LogP contribution in [0.3, 0.4) is 0 Å². The Morgan fingerprint density at radius 2 is 2.11 bits per heavy atom. The van der Waals surface area contributed by atoms with E-state index >= 15 is 0 Å². The number of nitro groups is 1. The summed E-state index contributed by atoms with van der Waals surface area (Å²) < 4.78 is 0. The predicted octanol–water partition coefficient (Wildman–Crippen LogP) is 3.56. The average molecular weight is 261 g/mol. The van der Waals surface area contributed by atoms with Crippen LogP contribution in [0, 0.1) is 32.8 Å². The van der Waals surface area contributed by atoms with Gasteiger partial charge in [-0.25, -0.2) is 0 Å². The molecule has 19 heavy (non-hydrogen) atoms. The summed E-state index contributed by atoms with van der Waals surface area (Å²) in [5.74, 6) is 0.411. The maximum Gasteiger partial charge on any atom is 0.270 e. The zero-order chi connectivity index (χ0) is 14.6. The Hall–Kier alpha value is -2.09. The summed E-state index contributed by atoms with van der Waals surface area (Å²) in [5.41, 5.74) is 1.05. The molecule has 0 radical (unpaired) electrons. The summed E-state index contributed by atoms with van der Waals surface area (Å²) in [6, 6.07) is 6.28. The average Bonchev–Trinajstić information content (AvgIpc) is 2.34. The van der Waals surface area contributed by atoms with Gasteiger partial charge < -0.3 is 5.32 Å². The third kappa shape index (κ3) is 3.95. The first-order valence-electron chi connectivity index (χ1n) is 6.18. The van der Waals surface area contributed by atoms with Crippen molar-refractivity contribution in [1.82, 2.24) is 0 Å². The molecule has 1 unspecified atom stereocenters. The summed E-state index contributed by atoms with van der Waals surface area (Å²) in [5, 5.41) is 22.9. The zero-order valence-corrected chi connectivity index (χ0v) is 11.7. The van der Waals surface area contributed by atoms with E-state index in [0.29, 0.717) is 17.2 Å². The van der Waals surface area contributed by atoms with Gasteiger partial charge in [0.05, 0.1) is 16.2 Å². The minimum Gasteiger partial charge on any atom is -0.384 e. The first kappa shape index (κ1) is 15.0. The van der Waals surface area contributed by atoms with E-state index in [9.17, 15) is 10.1 Å². The zero-order valence-electron chi connectivity index (χ0n) is 11.7. The van der Waals surface area contributed by atoms with Gasteiger partial charge in [0.25, 0.3) is 5.69 Å². The number of hydrogen-bond acceptors (Lipinski definition) is 4. The Labute approximate surface area is 113 Å². The van der Waals surface area contributed by atoms with E-state index in [2.05, 4.69) is 33.0 Å². The van der Waals surface area contributed by atoms with Crippen LogP contribution in [-0.4, -0.2) is 11.5 Å². The number of anilines is 1. The number of nitrogens with zero attached hydrogens (tertiary/aromatic N) is 2. The summed E-state index contributed by atoms with van der Waals surface area (Å²) in [6.45, 7) is 9.31. The predicted molar refractivity (Wildman–Crippen MR) is 74.9 cm³/mol. The molecule has 0 saturated heterocycles. The highest BCUT2D eigenvalue weighted by atomic mass is 16.6. The normalized spacial score (nSPS) is 12.6. The minimum absolute atomic E-state index is 0.0639. The van der Waals surface area contributed by atoms with Crippen LogP contribution in [0.15, 0.2) is 18.2 Å². The standard InChI is InChI=1S/C14H19N3O2/c1-10(14(2,3)4)9-16-13-6-5-12(17(18)19)7-11(13)8-15/h5-7,10,16H,9H2,1-4H3. The lowest BCUT2D eigenvalue weighted by molar-refractivity contribution is -0.384. The Balaban J connectivity index is 2.86. The fourth-order valence-electron chi connectivity index (χ4n) is 1.46. The van der Waals surface area contributed by atoms with Gasteiger partial charge in [-0.3, -0.25) is 10.1 Å². The monoisotopic (exact) mass is 261 g/mol. The fourth-order valence-corrected chi connectivity index (χ4v) is 1.46. The fraction of sp³-hybridized carbons (Fsp3) is 0.500. The number of nitro benzene ring substituents is 1. The van der Waals surface area contributed by atoms with E-state index in [0.717, 1.165) is 6.54 Å². The SMILES string of the molecule is CC(CNc1ccc([N+](=O)[O-])cc1C#N)C(C)(C)C. The molecule has 0 saturated carbocycles. The number of hydrogen-bond donors (Lipinski definition) is 1. The molecule has 0 aliphatic carbocycles. The number of rotatable bonds is 4. The molecular weight excluding hydrogens is 242 g/mol. The van der Waals surface area contributed by atoms with Gasteiger partial charge in [-0.1, -0.05) is 27.7 Å². The van der Waals surface area contributed by atoms with Crippen molar-refractivity contribution in [2.75, 3.05) is 11.9 Å². The Morgan fingerprint density at radius 1 is 1.47 bits per heavy atom. The van der Waals surface area contributed by atoms with Crippen molar-refractivity contribution in [3.63, 3.8) is 0 Å². The van der Waals surface area contributed by atoms with Gasteiger partial charge >= 0.3 is 0 Å². The molecule has 1 atom stereocenters. The second-order valence-corrected chi connectivity index (χ2v) is 5.75. The van der Waals surface area contributed by atoms with E-state index in [-0.39, 0.29) is 11.1 Å². The lowest BCUT2D eigenvalue weighted by Gasteiger charge is -2.27. The molecule has 1 aromatic rings. The van der Waals surface area contributed by atoms with E-state index in [1.165, 1.54) is 12.1 Å². The van der Waals surface area contributed by atoms with Crippen LogP contribution < -0.4 is 5.32 Å². The number of benzene rings is 1. The Bertz CT molecular complexity index is 512. The van der Waals surface area contributed by atoms with Gasteiger partial charge in [0.1, 0.15) is 6.07 Å². The maximum absolute atomic E-state index is 10.7. The molecule has 5 heteroatoms. The summed E-state index contributed by atoms with van der Waals surface area (Å²) in [4.78, 5) is 10.2. The molecule has 0 amide bonds. The third-order valence-electron chi connectivity index (χ3n) is 3.41. The van der Waals surface area contributed by atoms with Crippen molar-refractivity contribution >= 4 is 11.4 Å². The minimum atomic E-state index is -0.498. The second kappa shape index (κ2) is 5.70. The summed E-state index contributed by atoms with van der Waals surface area (Å²) in [7, 11) is 0. The van der Waals surface area contributed by atoms with Gasteiger partial charge in [-0.2, -0.15) is 5.26 Å². The van der Waals surface area contributed by atoms with Crippen molar-refractivity contribution in [3.8, 4) is 6.07 Å². The lowest BCUT2D eigenvalue weighted by Crippen LogP contribution is -2.25. The first-order chi connectivity index (χ1) is 8.75. The second-order valence-electron chi connectivity index (χ2n) is 5.75. The molecule has 1 N–H and O–H groups in total. The molecule has 0 aliphatic rings. The number of nitrogens with one attached hydrogen (secondary N) is 1. The molecule has 5 nitrogen and oxygen atoms in total. The molecule has 0 aromatic heterocycles. The Morgan fingerprint density at radius 3 is 2.58 bits per heavy atom. The van der Waals surface area contributed by atoms with Crippen molar-refractivity contribution in [2.45, 2.75) is 27.7 Å². The largest absolute Gasteiger partial charge is 0.384 e. The van der Waals surface area contributed by atoms with E-state index in [1.54, 1.807) is 6.07 Å². The molecular formula is C14H19N3O2. The highest BCUT2D eigenvalue weighted by molar-refractivity contribution is 5.61. The molecule has 0 spiro atoms. The van der Waals surface area contributed by atoms with Crippen LogP contribution >= 0.6 is 0 Å². The van der Waals surface area contributed by atoms with Crippen LogP contribution in [0.4, 0.5) is 11.4 Å².